The molecule has 0 aliphatic rings. The minimum Gasteiger partial charge on any atom is -0.477 e. The predicted molar refractivity (Wildman–Crippen MR) is 261 cm³/mol. The van der Waals surface area contributed by atoms with Gasteiger partial charge in [-0.3, -0.25) is 9.59 Å². The van der Waals surface area contributed by atoms with Gasteiger partial charge in [0.05, 0.1) is 34.4 Å². The Morgan fingerprint density at radius 3 is 1.40 bits per heavy atom. The van der Waals surface area contributed by atoms with Crippen LogP contribution in [0, 0.1) is 0 Å². The van der Waals surface area contributed by atoms with Gasteiger partial charge < -0.3 is 23.8 Å². The van der Waals surface area contributed by atoms with E-state index in [1.54, 1.807) is 0 Å². The topological polar surface area (TPSA) is 99.1 Å². The van der Waals surface area contributed by atoms with Crippen LogP contribution in [0.1, 0.15) is 213 Å². The van der Waals surface area contributed by atoms with Crippen molar-refractivity contribution in [2.45, 2.75) is 225 Å². The zero-order valence-corrected chi connectivity index (χ0v) is 40.8. The molecule has 0 aromatic rings. The van der Waals surface area contributed by atoms with Gasteiger partial charge in [-0.1, -0.05) is 177 Å². The fourth-order valence-electron chi connectivity index (χ4n) is 7.21. The predicted octanol–water partition coefficient (Wildman–Crippen LogP) is 14.5. The number of hydrogen-bond acceptors (Lipinski definition) is 6. The molecule has 0 heterocycles. The van der Waals surface area contributed by atoms with Crippen LogP contribution in [0.15, 0.2) is 60.8 Å². The SMILES string of the molecule is CCCCC/C=C/C/C=C/C/C=C/CCCCCCCCCCCC(=O)OC(COCCC(C(=O)O)[N+](C)(C)C)COC(=O)CCCCC/C=C/C=C/CCCCCCCCC. The molecule has 0 radical (unpaired) electrons. The van der Waals surface area contributed by atoms with E-state index in [2.05, 4.69) is 74.6 Å². The Morgan fingerprint density at radius 2 is 0.903 bits per heavy atom. The van der Waals surface area contributed by atoms with Crippen LogP contribution in [0.3, 0.4) is 0 Å². The Balaban J connectivity index is 4.30. The summed E-state index contributed by atoms with van der Waals surface area (Å²) in [5.74, 6) is -1.51. The van der Waals surface area contributed by atoms with E-state index in [9.17, 15) is 19.5 Å². The van der Waals surface area contributed by atoms with Gasteiger partial charge in [0, 0.05) is 19.3 Å². The summed E-state index contributed by atoms with van der Waals surface area (Å²) in [6, 6.07) is -0.622. The monoisotopic (exact) mass is 871 g/mol. The number of esters is 2. The van der Waals surface area contributed by atoms with Crippen LogP contribution in [-0.4, -0.2) is 80.6 Å². The Morgan fingerprint density at radius 1 is 0.500 bits per heavy atom. The van der Waals surface area contributed by atoms with Crippen molar-refractivity contribution in [1.82, 2.24) is 0 Å². The quantitative estimate of drug-likeness (QED) is 0.0214. The van der Waals surface area contributed by atoms with Crippen molar-refractivity contribution in [3.05, 3.63) is 60.8 Å². The minimum atomic E-state index is -0.880. The van der Waals surface area contributed by atoms with Crippen molar-refractivity contribution in [2.24, 2.45) is 0 Å². The van der Waals surface area contributed by atoms with E-state index in [4.69, 9.17) is 14.2 Å². The van der Waals surface area contributed by atoms with Crippen LogP contribution < -0.4 is 0 Å². The van der Waals surface area contributed by atoms with Crippen LogP contribution in [0.4, 0.5) is 0 Å². The average molecular weight is 871 g/mol. The normalized spacial score (nSPS) is 13.4. The van der Waals surface area contributed by atoms with Gasteiger partial charge in [0.2, 0.25) is 0 Å². The number of carboxylic acids is 1. The molecule has 0 rings (SSSR count). The van der Waals surface area contributed by atoms with Gasteiger partial charge in [0.25, 0.3) is 0 Å². The molecule has 8 nitrogen and oxygen atoms in total. The third-order valence-corrected chi connectivity index (χ3v) is 11.2. The number of aliphatic carboxylic acids is 1. The molecule has 62 heavy (non-hydrogen) atoms. The van der Waals surface area contributed by atoms with Gasteiger partial charge in [0.15, 0.2) is 12.1 Å². The first-order chi connectivity index (χ1) is 30.1. The number of unbranched alkanes of at least 4 members (excludes halogenated alkanes) is 22. The van der Waals surface area contributed by atoms with Crippen LogP contribution in [0.5, 0.6) is 0 Å². The Labute approximate surface area is 381 Å². The van der Waals surface area contributed by atoms with E-state index in [-0.39, 0.29) is 36.2 Å². The Kier molecular flexibility index (Phi) is 42.5. The fourth-order valence-corrected chi connectivity index (χ4v) is 7.21. The molecule has 2 unspecified atom stereocenters. The molecule has 0 aliphatic carbocycles. The van der Waals surface area contributed by atoms with Crippen molar-refractivity contribution in [1.29, 1.82) is 0 Å². The smallest absolute Gasteiger partial charge is 0.362 e. The molecule has 1 N–H and O–H groups in total. The zero-order chi connectivity index (χ0) is 45.6. The molecular formula is C54H96NO7+. The molecule has 0 amide bonds. The number of carbonyl (C=O) groups is 3. The van der Waals surface area contributed by atoms with Crippen LogP contribution >= 0.6 is 0 Å². The summed E-state index contributed by atoms with van der Waals surface area (Å²) in [5, 5.41) is 9.65. The molecule has 0 aliphatic heterocycles. The van der Waals surface area contributed by atoms with Crippen molar-refractivity contribution in [3.63, 3.8) is 0 Å². The molecular weight excluding hydrogens is 775 g/mol. The lowest BCUT2D eigenvalue weighted by Crippen LogP contribution is -2.50. The molecule has 2 atom stereocenters. The van der Waals surface area contributed by atoms with Crippen molar-refractivity contribution >= 4 is 17.9 Å². The van der Waals surface area contributed by atoms with E-state index < -0.39 is 18.1 Å². The van der Waals surface area contributed by atoms with E-state index >= 15 is 0 Å². The zero-order valence-electron chi connectivity index (χ0n) is 40.8. The van der Waals surface area contributed by atoms with Gasteiger partial charge in [-0.2, -0.15) is 0 Å². The standard InChI is InChI=1S/C54H95NO7/c1-6-8-10-12-14-16-18-20-22-24-25-26-27-28-29-31-33-35-37-39-41-43-45-53(57)62-50(48-60-47-46-51(54(58)59)55(3,4)5)49-61-52(56)44-42-40-38-36-34-32-30-23-21-19-17-15-13-11-9-7-2/h14,16,20,22-23,25-26,30,32,34,50-51H,6-13,15,17-19,21,24,27-29,31,33,35-49H2,1-5H3/p+1/b16-14+,22-20+,26-25+,30-23+,34-32+. The lowest BCUT2D eigenvalue weighted by atomic mass is 10.1. The maximum Gasteiger partial charge on any atom is 0.362 e. The third-order valence-electron chi connectivity index (χ3n) is 11.2. The second kappa shape index (κ2) is 44.6. The van der Waals surface area contributed by atoms with Gasteiger partial charge in [0.1, 0.15) is 6.61 Å². The third kappa shape index (κ3) is 42.3. The number of nitrogens with zero attached hydrogens (tertiary/aromatic N) is 1. The molecule has 0 saturated carbocycles. The van der Waals surface area contributed by atoms with Gasteiger partial charge in [-0.15, -0.1) is 0 Å². The highest BCUT2D eigenvalue weighted by atomic mass is 16.6. The number of ether oxygens (including phenoxy) is 3. The van der Waals surface area contributed by atoms with E-state index in [1.807, 2.05) is 21.1 Å². The summed E-state index contributed by atoms with van der Waals surface area (Å²) in [7, 11) is 5.52. The average Bonchev–Trinajstić information content (AvgIpc) is 3.23. The highest BCUT2D eigenvalue weighted by molar-refractivity contribution is 5.72. The molecule has 0 bridgehead atoms. The van der Waals surface area contributed by atoms with Crippen molar-refractivity contribution < 1.29 is 38.2 Å². The lowest BCUT2D eigenvalue weighted by molar-refractivity contribution is -0.887. The fraction of sp³-hybridized carbons (Fsp3) is 0.759. The molecule has 358 valence electrons. The van der Waals surface area contributed by atoms with Crippen LogP contribution in [-0.2, 0) is 28.6 Å². The number of hydrogen-bond donors (Lipinski definition) is 1. The van der Waals surface area contributed by atoms with Gasteiger partial charge in [-0.25, -0.2) is 4.79 Å². The largest absolute Gasteiger partial charge is 0.477 e. The van der Waals surface area contributed by atoms with E-state index in [1.165, 1.54) is 109 Å². The first kappa shape index (κ1) is 59.0. The Hall–Kier alpha value is -2.97. The molecule has 0 fully saturated rings. The number of carboxylic acid groups (broad SMARTS) is 1. The second-order valence-electron chi connectivity index (χ2n) is 18.1. The van der Waals surface area contributed by atoms with Gasteiger partial charge in [-0.05, 0) is 77.0 Å². The number of carbonyl (C=O) groups excluding carboxylic acids is 2. The number of allylic oxidation sites excluding steroid dienone is 10. The van der Waals surface area contributed by atoms with Crippen molar-refractivity contribution in [2.75, 3.05) is 41.0 Å². The first-order valence-corrected chi connectivity index (χ1v) is 25.3. The molecule has 0 saturated heterocycles. The molecule has 0 aromatic heterocycles. The number of likely N-dealkylation sites (N-methyl/N-ethyl adjacent to an activating group) is 1. The number of quaternary nitrogens is 1. The van der Waals surface area contributed by atoms with E-state index in [0.717, 1.165) is 70.6 Å². The maximum absolute atomic E-state index is 12.8. The van der Waals surface area contributed by atoms with Crippen LogP contribution in [0.25, 0.3) is 0 Å². The maximum atomic E-state index is 12.8. The highest BCUT2D eigenvalue weighted by Crippen LogP contribution is 2.14. The summed E-state index contributed by atoms with van der Waals surface area (Å²) >= 11 is 0. The summed E-state index contributed by atoms with van der Waals surface area (Å²) in [4.78, 5) is 37.1. The highest BCUT2D eigenvalue weighted by Gasteiger charge is 2.31. The Bertz CT molecular complexity index is 1200. The summed E-state index contributed by atoms with van der Waals surface area (Å²) in [6.45, 7) is 4.68. The molecule has 0 spiro atoms. The lowest BCUT2D eigenvalue weighted by Gasteiger charge is -2.31. The summed E-state index contributed by atoms with van der Waals surface area (Å²) in [6.07, 6.45) is 55.5. The second-order valence-corrected chi connectivity index (χ2v) is 18.1. The van der Waals surface area contributed by atoms with E-state index in [0.29, 0.717) is 19.3 Å². The first-order valence-electron chi connectivity index (χ1n) is 25.3. The number of rotatable bonds is 45. The summed E-state index contributed by atoms with van der Waals surface area (Å²) in [5.41, 5.74) is 0. The summed E-state index contributed by atoms with van der Waals surface area (Å²) < 4.78 is 17.3. The minimum absolute atomic E-state index is 0.0489. The van der Waals surface area contributed by atoms with Gasteiger partial charge >= 0.3 is 17.9 Å². The molecule has 0 aromatic carbocycles. The van der Waals surface area contributed by atoms with Crippen LogP contribution in [0.2, 0.25) is 0 Å². The molecule has 8 heteroatoms. The van der Waals surface area contributed by atoms with Crippen molar-refractivity contribution in [3.8, 4) is 0 Å².